The van der Waals surface area contributed by atoms with Crippen LogP contribution in [0.4, 0.5) is 5.82 Å². The maximum absolute atomic E-state index is 12.6. The molecule has 8 heteroatoms. The van der Waals surface area contributed by atoms with Crippen LogP contribution in [-0.2, 0) is 6.54 Å². The number of carbonyl (C=O) groups excluding carboxylic acids is 1. The molecule has 152 valence electrons. The van der Waals surface area contributed by atoms with Crippen molar-refractivity contribution < 1.29 is 14.1 Å². The summed E-state index contributed by atoms with van der Waals surface area (Å²) in [6.07, 6.45) is 0. The number of nitrogens with one attached hydrogen (secondary N) is 1. The van der Waals surface area contributed by atoms with E-state index in [1.165, 1.54) is 0 Å². The van der Waals surface area contributed by atoms with Gasteiger partial charge in [0, 0.05) is 28.4 Å². The van der Waals surface area contributed by atoms with Gasteiger partial charge in [-0.15, -0.1) is 0 Å². The van der Waals surface area contributed by atoms with Crippen LogP contribution in [0.3, 0.4) is 0 Å². The summed E-state index contributed by atoms with van der Waals surface area (Å²) in [7, 11) is 1.60. The summed E-state index contributed by atoms with van der Waals surface area (Å²) in [6, 6.07) is 18.3. The highest BCUT2D eigenvalue weighted by atomic mass is 35.5. The number of hydrogen-bond acceptors (Lipinski definition) is 5. The number of benzene rings is 2. The van der Waals surface area contributed by atoms with Crippen molar-refractivity contribution >= 4 is 23.3 Å². The Balaban J connectivity index is 1.45. The minimum atomic E-state index is -0.394. The van der Waals surface area contributed by atoms with E-state index >= 15 is 0 Å². The third kappa shape index (κ3) is 4.36. The van der Waals surface area contributed by atoms with Gasteiger partial charge >= 0.3 is 0 Å². The molecule has 0 fully saturated rings. The Bertz CT molecular complexity index is 1160. The molecule has 1 amide bonds. The lowest BCUT2D eigenvalue weighted by Gasteiger charge is -2.04. The molecule has 2 aromatic carbocycles. The minimum Gasteiger partial charge on any atom is -0.497 e. The van der Waals surface area contributed by atoms with Crippen LogP contribution < -0.4 is 10.1 Å². The van der Waals surface area contributed by atoms with Crippen LogP contribution in [0.5, 0.6) is 5.75 Å². The Morgan fingerprint density at radius 3 is 2.57 bits per heavy atom. The lowest BCUT2D eigenvalue weighted by Crippen LogP contribution is -2.13. The average Bonchev–Trinajstić information content (AvgIpc) is 3.37. The fourth-order valence-electron chi connectivity index (χ4n) is 2.95. The highest BCUT2D eigenvalue weighted by molar-refractivity contribution is 6.30. The van der Waals surface area contributed by atoms with Gasteiger partial charge in [0.25, 0.3) is 5.91 Å². The van der Waals surface area contributed by atoms with Crippen molar-refractivity contribution in [1.82, 2.24) is 14.9 Å². The number of hydrogen-bond donors (Lipinski definition) is 1. The summed E-state index contributed by atoms with van der Waals surface area (Å²) in [6.45, 7) is 2.50. The first-order chi connectivity index (χ1) is 14.5. The van der Waals surface area contributed by atoms with E-state index < -0.39 is 5.91 Å². The Kier molecular flexibility index (Phi) is 5.54. The Labute approximate surface area is 178 Å². The largest absolute Gasteiger partial charge is 0.497 e. The van der Waals surface area contributed by atoms with E-state index in [9.17, 15) is 4.79 Å². The van der Waals surface area contributed by atoms with Crippen LogP contribution in [-0.4, -0.2) is 28.0 Å². The number of amides is 1. The molecule has 0 aliphatic carbocycles. The zero-order valence-electron chi connectivity index (χ0n) is 16.4. The van der Waals surface area contributed by atoms with E-state index in [1.807, 2.05) is 60.1 Å². The van der Waals surface area contributed by atoms with E-state index in [0.717, 1.165) is 22.6 Å². The molecule has 0 radical (unpaired) electrons. The molecule has 1 N–H and O–H groups in total. The predicted octanol–water partition coefficient (Wildman–Crippen LogP) is 4.81. The molecule has 0 saturated heterocycles. The molecule has 0 atom stereocenters. The van der Waals surface area contributed by atoms with E-state index in [1.54, 1.807) is 19.2 Å². The van der Waals surface area contributed by atoms with Gasteiger partial charge in [0.2, 0.25) is 0 Å². The van der Waals surface area contributed by atoms with Gasteiger partial charge in [-0.3, -0.25) is 9.48 Å². The molecule has 4 rings (SSSR count). The quantitative estimate of drug-likeness (QED) is 0.482. The molecule has 4 aromatic rings. The number of rotatable bonds is 6. The van der Waals surface area contributed by atoms with Gasteiger partial charge in [-0.05, 0) is 48.9 Å². The topological polar surface area (TPSA) is 82.2 Å². The Morgan fingerprint density at radius 1 is 1.13 bits per heavy atom. The zero-order valence-corrected chi connectivity index (χ0v) is 17.2. The van der Waals surface area contributed by atoms with Gasteiger partial charge in [-0.2, -0.15) is 5.10 Å². The van der Waals surface area contributed by atoms with Crippen LogP contribution in [0.15, 0.2) is 65.2 Å². The van der Waals surface area contributed by atoms with Crippen molar-refractivity contribution in [2.24, 2.45) is 0 Å². The molecule has 30 heavy (non-hydrogen) atoms. The van der Waals surface area contributed by atoms with Gasteiger partial charge in [0.1, 0.15) is 5.75 Å². The van der Waals surface area contributed by atoms with Gasteiger partial charge in [-0.25, -0.2) is 0 Å². The third-order valence-electron chi connectivity index (χ3n) is 4.59. The smallest absolute Gasteiger partial charge is 0.279 e. The molecule has 7 nitrogen and oxygen atoms in total. The highest BCUT2D eigenvalue weighted by Crippen LogP contribution is 2.23. The first kappa shape index (κ1) is 19.7. The molecule has 0 aliphatic rings. The van der Waals surface area contributed by atoms with Crippen LogP contribution in [0.2, 0.25) is 5.02 Å². The summed E-state index contributed by atoms with van der Waals surface area (Å²) >= 11 is 5.93. The monoisotopic (exact) mass is 422 g/mol. The van der Waals surface area contributed by atoms with Gasteiger partial charge in [0.15, 0.2) is 17.3 Å². The SMILES string of the molecule is COc1ccc(-c2cc(C(=O)Nc3cc(C)n(Cc4ccc(Cl)cc4)n3)no2)cc1. The lowest BCUT2D eigenvalue weighted by atomic mass is 10.1. The number of anilines is 1. The second-order valence-corrected chi connectivity index (χ2v) is 7.15. The molecule has 2 heterocycles. The van der Waals surface area contributed by atoms with E-state index in [4.69, 9.17) is 20.9 Å². The number of nitrogens with zero attached hydrogens (tertiary/aromatic N) is 3. The fourth-order valence-corrected chi connectivity index (χ4v) is 3.07. The molecule has 0 bridgehead atoms. The normalized spacial score (nSPS) is 10.8. The fraction of sp³-hybridized carbons (Fsp3) is 0.136. The van der Waals surface area contributed by atoms with Crippen molar-refractivity contribution in [2.45, 2.75) is 13.5 Å². The second kappa shape index (κ2) is 8.42. The zero-order chi connectivity index (χ0) is 21.1. The number of halogens is 1. The maximum Gasteiger partial charge on any atom is 0.279 e. The first-order valence-corrected chi connectivity index (χ1v) is 9.61. The first-order valence-electron chi connectivity index (χ1n) is 9.23. The van der Waals surface area contributed by atoms with Crippen molar-refractivity contribution in [3.63, 3.8) is 0 Å². The lowest BCUT2D eigenvalue weighted by molar-refractivity contribution is 0.101. The van der Waals surface area contributed by atoms with Crippen LogP contribution in [0.25, 0.3) is 11.3 Å². The molecular weight excluding hydrogens is 404 g/mol. The van der Waals surface area contributed by atoms with Crippen molar-refractivity contribution in [2.75, 3.05) is 12.4 Å². The molecule has 0 aliphatic heterocycles. The third-order valence-corrected chi connectivity index (χ3v) is 4.84. The van der Waals surface area contributed by atoms with E-state index in [-0.39, 0.29) is 5.69 Å². The molecule has 0 saturated carbocycles. The summed E-state index contributed by atoms with van der Waals surface area (Å²) < 4.78 is 12.3. The van der Waals surface area contributed by atoms with Crippen molar-refractivity contribution in [3.8, 4) is 17.1 Å². The summed E-state index contributed by atoms with van der Waals surface area (Å²) in [5.41, 5.74) is 2.94. The number of methoxy groups -OCH3 is 1. The van der Waals surface area contributed by atoms with Crippen LogP contribution >= 0.6 is 11.6 Å². The Morgan fingerprint density at radius 2 is 1.87 bits per heavy atom. The van der Waals surface area contributed by atoms with E-state index in [2.05, 4.69) is 15.6 Å². The maximum atomic E-state index is 12.6. The van der Waals surface area contributed by atoms with Crippen molar-refractivity contribution in [3.05, 3.63) is 82.6 Å². The Hall–Kier alpha value is -3.58. The van der Waals surface area contributed by atoms with Gasteiger partial charge < -0.3 is 14.6 Å². The number of aromatic nitrogens is 3. The van der Waals surface area contributed by atoms with Crippen molar-refractivity contribution in [1.29, 1.82) is 0 Å². The standard InChI is InChI=1S/C22H19ClN4O3/c1-14-11-21(25-27(14)13-15-3-7-17(23)8-4-15)24-22(28)19-12-20(30-26-19)16-5-9-18(29-2)10-6-16/h3-12H,13H2,1-2H3,(H,24,25,28). The number of aryl methyl sites for hydroxylation is 1. The molecule has 0 spiro atoms. The van der Waals surface area contributed by atoms with Crippen LogP contribution in [0, 0.1) is 6.92 Å². The summed E-state index contributed by atoms with van der Waals surface area (Å²) in [4.78, 5) is 12.6. The molecular formula is C22H19ClN4O3. The van der Waals surface area contributed by atoms with Gasteiger partial charge in [0.05, 0.1) is 13.7 Å². The second-order valence-electron chi connectivity index (χ2n) is 6.71. The summed E-state index contributed by atoms with van der Waals surface area (Å²) in [5, 5.41) is 11.8. The molecule has 0 unspecified atom stereocenters. The van der Waals surface area contributed by atoms with Gasteiger partial charge in [-0.1, -0.05) is 28.9 Å². The van der Waals surface area contributed by atoms with Crippen LogP contribution in [0.1, 0.15) is 21.7 Å². The highest BCUT2D eigenvalue weighted by Gasteiger charge is 2.16. The van der Waals surface area contributed by atoms with E-state index in [0.29, 0.717) is 23.1 Å². The minimum absolute atomic E-state index is 0.172. The summed E-state index contributed by atoms with van der Waals surface area (Å²) in [5.74, 6) is 1.28. The number of ether oxygens (including phenoxy) is 1. The number of carbonyl (C=O) groups is 1. The predicted molar refractivity (Wildman–Crippen MR) is 114 cm³/mol. The molecule has 2 aromatic heterocycles. The average molecular weight is 423 g/mol.